The van der Waals surface area contributed by atoms with E-state index in [2.05, 4.69) is 68.7 Å². The van der Waals surface area contributed by atoms with Crippen LogP contribution in [0.2, 0.25) is 0 Å². The minimum atomic E-state index is -0.234. The maximum atomic E-state index is 9.98. The van der Waals surface area contributed by atoms with Gasteiger partial charge in [0.2, 0.25) is 0 Å². The first kappa shape index (κ1) is 15.5. The fraction of sp³-hybridized carbons (Fsp3) is 0.200. The van der Waals surface area contributed by atoms with Crippen molar-refractivity contribution in [1.82, 2.24) is 4.98 Å². The lowest BCUT2D eigenvalue weighted by Crippen LogP contribution is -2.19. The zero-order valence-corrected chi connectivity index (χ0v) is 14.8. The van der Waals surface area contributed by atoms with Gasteiger partial charge in [-0.2, -0.15) is 0 Å². The molecule has 1 aliphatic carbocycles. The van der Waals surface area contributed by atoms with E-state index in [1.807, 2.05) is 12.1 Å². The molecule has 24 heavy (non-hydrogen) atoms. The maximum Gasteiger partial charge on any atom is 0.108 e. The van der Waals surface area contributed by atoms with E-state index < -0.39 is 0 Å². The summed E-state index contributed by atoms with van der Waals surface area (Å²) in [6, 6.07) is 18.7. The van der Waals surface area contributed by atoms with Gasteiger partial charge in [-0.3, -0.25) is 0 Å². The number of benzene rings is 2. The second kappa shape index (κ2) is 6.46. The Labute approximate surface area is 149 Å². The highest BCUT2D eigenvalue weighted by molar-refractivity contribution is 9.10. The monoisotopic (exact) mass is 382 g/mol. The average Bonchev–Trinajstić information content (AvgIpc) is 3.05. The van der Waals surface area contributed by atoms with Crippen LogP contribution in [-0.2, 0) is 12.8 Å². The van der Waals surface area contributed by atoms with Crippen LogP contribution in [0.1, 0.15) is 17.5 Å². The molecule has 0 radical (unpaired) electrons. The average molecular weight is 383 g/mol. The maximum absolute atomic E-state index is 9.98. The Morgan fingerprint density at radius 2 is 1.88 bits per heavy atom. The van der Waals surface area contributed by atoms with Crippen molar-refractivity contribution in [3.63, 3.8) is 0 Å². The van der Waals surface area contributed by atoms with Crippen LogP contribution >= 0.6 is 15.9 Å². The van der Waals surface area contributed by atoms with Crippen molar-refractivity contribution in [2.75, 3.05) is 5.32 Å². The number of aromatic amines is 1. The summed E-state index contributed by atoms with van der Waals surface area (Å²) < 4.78 is 1.07. The van der Waals surface area contributed by atoms with Crippen molar-refractivity contribution in [2.24, 2.45) is 0 Å². The Morgan fingerprint density at radius 1 is 1.04 bits per heavy atom. The number of rotatable bonds is 3. The number of halogens is 1. The summed E-state index contributed by atoms with van der Waals surface area (Å²) in [5.74, 6) is 0.960. The summed E-state index contributed by atoms with van der Waals surface area (Å²) in [6.07, 6.45) is 2.29. The fourth-order valence-corrected chi connectivity index (χ4v) is 3.56. The molecule has 4 rings (SSSR count). The van der Waals surface area contributed by atoms with Crippen LogP contribution in [0, 0.1) is 0 Å². The van der Waals surface area contributed by atoms with Gasteiger partial charge in [-0.05, 0) is 59.9 Å². The van der Waals surface area contributed by atoms with E-state index >= 15 is 0 Å². The van der Waals surface area contributed by atoms with Gasteiger partial charge in [0.15, 0.2) is 0 Å². The number of aliphatic hydroxyl groups excluding tert-OH is 1. The summed E-state index contributed by atoms with van der Waals surface area (Å²) >= 11 is 3.46. The zero-order valence-electron chi connectivity index (χ0n) is 13.2. The van der Waals surface area contributed by atoms with E-state index in [4.69, 9.17) is 0 Å². The summed E-state index contributed by atoms with van der Waals surface area (Å²) in [4.78, 5) is 3.43. The van der Waals surface area contributed by atoms with E-state index in [0.717, 1.165) is 46.5 Å². The molecule has 1 atom stereocenters. The SMILES string of the molecule is OC1CCc2cccc(Nc3ccc(-c4ccc(Br)cc4)[nH]3)c2C1. The largest absolute Gasteiger partial charge is 0.393 e. The predicted octanol–water partition coefficient (Wildman–Crippen LogP) is 5.04. The third kappa shape index (κ3) is 3.12. The van der Waals surface area contributed by atoms with Crippen LogP contribution in [0.15, 0.2) is 59.1 Å². The van der Waals surface area contributed by atoms with Crippen LogP contribution in [-0.4, -0.2) is 16.2 Å². The van der Waals surface area contributed by atoms with Crippen molar-refractivity contribution in [3.8, 4) is 11.3 Å². The number of aliphatic hydroxyl groups is 1. The topological polar surface area (TPSA) is 48.0 Å². The van der Waals surface area contributed by atoms with Crippen molar-refractivity contribution in [2.45, 2.75) is 25.4 Å². The minimum Gasteiger partial charge on any atom is -0.393 e. The molecule has 1 heterocycles. The zero-order chi connectivity index (χ0) is 16.5. The summed E-state index contributed by atoms with van der Waals surface area (Å²) in [6.45, 7) is 0. The Kier molecular flexibility index (Phi) is 4.17. The predicted molar refractivity (Wildman–Crippen MR) is 102 cm³/mol. The normalized spacial score (nSPS) is 16.7. The molecule has 0 fully saturated rings. The third-order valence-electron chi connectivity index (χ3n) is 4.57. The molecule has 0 saturated heterocycles. The van der Waals surface area contributed by atoms with E-state index in [1.54, 1.807) is 0 Å². The van der Waals surface area contributed by atoms with Gasteiger partial charge in [0.25, 0.3) is 0 Å². The number of fused-ring (bicyclic) bond motifs is 1. The van der Waals surface area contributed by atoms with Crippen LogP contribution in [0.25, 0.3) is 11.3 Å². The lowest BCUT2D eigenvalue weighted by Gasteiger charge is -2.23. The summed E-state index contributed by atoms with van der Waals surface area (Å²) in [7, 11) is 0. The number of hydrogen-bond acceptors (Lipinski definition) is 2. The fourth-order valence-electron chi connectivity index (χ4n) is 3.30. The highest BCUT2D eigenvalue weighted by atomic mass is 79.9. The molecule has 1 aromatic heterocycles. The molecule has 122 valence electrons. The molecule has 3 nitrogen and oxygen atoms in total. The van der Waals surface area contributed by atoms with E-state index in [0.29, 0.717) is 0 Å². The molecule has 4 heteroatoms. The highest BCUT2D eigenvalue weighted by Gasteiger charge is 2.19. The number of H-pyrrole nitrogens is 1. The summed E-state index contributed by atoms with van der Waals surface area (Å²) in [5.41, 5.74) is 5.88. The first-order valence-electron chi connectivity index (χ1n) is 8.20. The minimum absolute atomic E-state index is 0.234. The van der Waals surface area contributed by atoms with Gasteiger partial charge in [-0.1, -0.05) is 40.2 Å². The molecule has 1 unspecified atom stereocenters. The van der Waals surface area contributed by atoms with Gasteiger partial charge >= 0.3 is 0 Å². The molecule has 3 N–H and O–H groups in total. The number of aryl methyl sites for hydroxylation is 1. The van der Waals surface area contributed by atoms with Gasteiger partial charge in [-0.25, -0.2) is 0 Å². The molecule has 3 aromatic rings. The lowest BCUT2D eigenvalue weighted by molar-refractivity contribution is 0.159. The molecule has 0 bridgehead atoms. The molecular weight excluding hydrogens is 364 g/mol. The number of nitrogens with one attached hydrogen (secondary N) is 2. The van der Waals surface area contributed by atoms with Gasteiger partial charge < -0.3 is 15.4 Å². The van der Waals surface area contributed by atoms with Crippen molar-refractivity contribution >= 4 is 27.4 Å². The van der Waals surface area contributed by atoms with E-state index in [1.165, 1.54) is 11.1 Å². The smallest absolute Gasteiger partial charge is 0.108 e. The lowest BCUT2D eigenvalue weighted by atomic mass is 9.88. The summed E-state index contributed by atoms with van der Waals surface area (Å²) in [5, 5.41) is 13.5. The second-order valence-corrected chi connectivity index (χ2v) is 7.17. The Bertz CT molecular complexity index is 854. The van der Waals surface area contributed by atoms with Crippen LogP contribution in [0.3, 0.4) is 0 Å². The van der Waals surface area contributed by atoms with E-state index in [-0.39, 0.29) is 6.10 Å². The van der Waals surface area contributed by atoms with Crippen LogP contribution < -0.4 is 5.32 Å². The molecule has 1 aliphatic rings. The molecule has 0 aliphatic heterocycles. The first-order valence-corrected chi connectivity index (χ1v) is 8.99. The molecule has 0 saturated carbocycles. The van der Waals surface area contributed by atoms with E-state index in [9.17, 15) is 5.11 Å². The number of aromatic nitrogens is 1. The molecule has 0 amide bonds. The number of hydrogen-bond donors (Lipinski definition) is 3. The van der Waals surface area contributed by atoms with Crippen LogP contribution in [0.5, 0.6) is 0 Å². The van der Waals surface area contributed by atoms with Gasteiger partial charge in [0.05, 0.1) is 6.10 Å². The standard InChI is InChI=1S/C20H19BrN2O/c21-15-7-4-14(5-8-15)18-10-11-20(22-18)23-19-3-1-2-13-6-9-16(24)12-17(13)19/h1-5,7-8,10-11,16,22-24H,6,9,12H2. The quantitative estimate of drug-likeness (QED) is 0.594. The van der Waals surface area contributed by atoms with Crippen molar-refractivity contribution < 1.29 is 5.11 Å². The first-order chi connectivity index (χ1) is 11.7. The van der Waals surface area contributed by atoms with Gasteiger partial charge in [-0.15, -0.1) is 0 Å². The second-order valence-electron chi connectivity index (χ2n) is 6.26. The molecule has 0 spiro atoms. The Hall–Kier alpha value is -2.04. The van der Waals surface area contributed by atoms with Crippen LogP contribution in [0.4, 0.5) is 11.5 Å². The van der Waals surface area contributed by atoms with Gasteiger partial charge in [0, 0.05) is 22.3 Å². The Balaban J connectivity index is 1.60. The third-order valence-corrected chi connectivity index (χ3v) is 5.10. The van der Waals surface area contributed by atoms with Crippen molar-refractivity contribution in [1.29, 1.82) is 0 Å². The number of anilines is 2. The Morgan fingerprint density at radius 3 is 2.71 bits per heavy atom. The van der Waals surface area contributed by atoms with Gasteiger partial charge in [0.1, 0.15) is 5.82 Å². The molecule has 2 aromatic carbocycles. The molecular formula is C20H19BrN2O. The highest BCUT2D eigenvalue weighted by Crippen LogP contribution is 2.31. The van der Waals surface area contributed by atoms with Crippen molar-refractivity contribution in [3.05, 3.63) is 70.2 Å².